The maximum Gasteiger partial charge on any atom is 0.238 e. The minimum Gasteiger partial charge on any atom is -0.368 e. The van der Waals surface area contributed by atoms with Crippen LogP contribution in [-0.4, -0.2) is 13.0 Å². The van der Waals surface area contributed by atoms with E-state index in [1.807, 2.05) is 36.2 Å². The predicted molar refractivity (Wildman–Crippen MR) is 81.0 cm³/mol. The summed E-state index contributed by atoms with van der Waals surface area (Å²) in [5.41, 5.74) is 4.49. The number of amides is 1. The summed E-state index contributed by atoms with van der Waals surface area (Å²) in [6.07, 6.45) is 0.206. The zero-order chi connectivity index (χ0) is 15.2. The van der Waals surface area contributed by atoms with Crippen LogP contribution in [0, 0.1) is 5.82 Å². The van der Waals surface area contributed by atoms with Crippen molar-refractivity contribution in [1.29, 1.82) is 0 Å². The van der Waals surface area contributed by atoms with Gasteiger partial charge >= 0.3 is 0 Å². The first-order valence-electron chi connectivity index (χ1n) is 6.63. The summed E-state index contributed by atoms with van der Waals surface area (Å²) in [5.74, 6) is 4.60. The van der Waals surface area contributed by atoms with E-state index in [0.717, 1.165) is 11.1 Å². The quantitative estimate of drug-likeness (QED) is 0.502. The minimum atomic E-state index is -0.266. The van der Waals surface area contributed by atoms with Gasteiger partial charge in [-0.25, -0.2) is 10.2 Å². The van der Waals surface area contributed by atoms with Crippen LogP contribution in [0.4, 0.5) is 10.1 Å². The summed E-state index contributed by atoms with van der Waals surface area (Å²) in [7, 11) is 1.82. The fraction of sp³-hybridized carbons (Fsp3) is 0.188. The first-order chi connectivity index (χ1) is 10.1. The number of nitrogens with two attached hydrogens (primary N) is 1. The number of hydrazine groups is 1. The molecule has 3 N–H and O–H groups in total. The molecule has 0 unspecified atom stereocenters. The van der Waals surface area contributed by atoms with Gasteiger partial charge in [0, 0.05) is 13.6 Å². The standard InChI is InChI=1S/C16H18FN3O/c1-20(15-9-5-4-8-14(15)17)11-13-7-3-2-6-12(13)10-16(21)19-18/h2-9H,10-11,18H2,1H3,(H,19,21). The van der Waals surface area contributed by atoms with E-state index in [0.29, 0.717) is 12.2 Å². The van der Waals surface area contributed by atoms with Crippen LogP contribution in [0.15, 0.2) is 48.5 Å². The number of nitrogens with one attached hydrogen (secondary N) is 1. The number of hydrogen-bond donors (Lipinski definition) is 2. The number of carbonyl (C=O) groups is 1. The van der Waals surface area contributed by atoms with Gasteiger partial charge in [0.25, 0.3) is 0 Å². The normalized spacial score (nSPS) is 10.2. The first-order valence-corrected chi connectivity index (χ1v) is 6.63. The third-order valence-electron chi connectivity index (χ3n) is 3.30. The Hall–Kier alpha value is -2.40. The lowest BCUT2D eigenvalue weighted by Crippen LogP contribution is -2.31. The van der Waals surface area contributed by atoms with Crippen LogP contribution in [0.3, 0.4) is 0 Å². The molecule has 0 atom stereocenters. The molecule has 0 saturated heterocycles. The third-order valence-corrected chi connectivity index (χ3v) is 3.30. The zero-order valence-electron chi connectivity index (χ0n) is 11.8. The summed E-state index contributed by atoms with van der Waals surface area (Å²) in [6, 6.07) is 14.2. The molecule has 0 aromatic heterocycles. The molecule has 0 spiro atoms. The van der Waals surface area contributed by atoms with Crippen LogP contribution in [-0.2, 0) is 17.8 Å². The van der Waals surface area contributed by atoms with Gasteiger partial charge in [0.1, 0.15) is 5.82 Å². The number of benzene rings is 2. The van der Waals surface area contributed by atoms with Crippen molar-refractivity contribution >= 4 is 11.6 Å². The fourth-order valence-corrected chi connectivity index (χ4v) is 2.21. The summed E-state index contributed by atoms with van der Waals surface area (Å²) in [5, 5.41) is 0. The molecule has 21 heavy (non-hydrogen) atoms. The molecule has 0 saturated carbocycles. The van der Waals surface area contributed by atoms with E-state index in [9.17, 15) is 9.18 Å². The molecular formula is C16H18FN3O. The van der Waals surface area contributed by atoms with Crippen LogP contribution < -0.4 is 16.2 Å². The Morgan fingerprint density at radius 2 is 1.76 bits per heavy atom. The molecule has 5 heteroatoms. The van der Waals surface area contributed by atoms with E-state index in [1.54, 1.807) is 18.2 Å². The van der Waals surface area contributed by atoms with Crippen molar-refractivity contribution in [2.24, 2.45) is 5.84 Å². The predicted octanol–water partition coefficient (Wildman–Crippen LogP) is 1.99. The molecule has 2 aromatic rings. The van der Waals surface area contributed by atoms with Crippen molar-refractivity contribution < 1.29 is 9.18 Å². The average molecular weight is 287 g/mol. The molecule has 2 rings (SSSR count). The van der Waals surface area contributed by atoms with Crippen molar-refractivity contribution in [2.75, 3.05) is 11.9 Å². The highest BCUT2D eigenvalue weighted by Crippen LogP contribution is 2.20. The van der Waals surface area contributed by atoms with Gasteiger partial charge in [0.15, 0.2) is 0 Å². The minimum absolute atomic E-state index is 0.206. The van der Waals surface area contributed by atoms with Gasteiger partial charge in [-0.1, -0.05) is 36.4 Å². The lowest BCUT2D eigenvalue weighted by atomic mass is 10.0. The molecule has 0 aliphatic rings. The SMILES string of the molecule is CN(Cc1ccccc1CC(=O)NN)c1ccccc1F. The Kier molecular flexibility index (Phi) is 4.90. The van der Waals surface area contributed by atoms with Crippen LogP contribution in [0.2, 0.25) is 0 Å². The molecule has 0 heterocycles. The highest BCUT2D eigenvalue weighted by molar-refractivity contribution is 5.78. The highest BCUT2D eigenvalue weighted by Gasteiger charge is 2.11. The number of anilines is 1. The highest BCUT2D eigenvalue weighted by atomic mass is 19.1. The lowest BCUT2D eigenvalue weighted by Gasteiger charge is -2.21. The van der Waals surface area contributed by atoms with Crippen LogP contribution in [0.25, 0.3) is 0 Å². The van der Waals surface area contributed by atoms with Gasteiger partial charge in [0.2, 0.25) is 5.91 Å². The molecule has 0 bridgehead atoms. The first kappa shape index (κ1) is 15.0. The van der Waals surface area contributed by atoms with Gasteiger partial charge in [0.05, 0.1) is 12.1 Å². The summed E-state index contributed by atoms with van der Waals surface area (Å²) >= 11 is 0. The number of rotatable bonds is 5. The number of para-hydroxylation sites is 1. The number of halogens is 1. The molecule has 2 aromatic carbocycles. The fourth-order valence-electron chi connectivity index (χ4n) is 2.21. The Morgan fingerprint density at radius 3 is 2.43 bits per heavy atom. The molecule has 0 aliphatic carbocycles. The number of carbonyl (C=O) groups excluding carboxylic acids is 1. The Labute approximate surface area is 123 Å². The molecule has 0 radical (unpaired) electrons. The zero-order valence-corrected chi connectivity index (χ0v) is 11.8. The van der Waals surface area contributed by atoms with E-state index >= 15 is 0 Å². The maximum absolute atomic E-state index is 13.8. The molecular weight excluding hydrogens is 269 g/mol. The van der Waals surface area contributed by atoms with Gasteiger partial charge in [-0.15, -0.1) is 0 Å². The van der Waals surface area contributed by atoms with Crippen molar-refractivity contribution in [3.63, 3.8) is 0 Å². The van der Waals surface area contributed by atoms with E-state index < -0.39 is 0 Å². The van der Waals surface area contributed by atoms with E-state index in [1.165, 1.54) is 6.07 Å². The Balaban J connectivity index is 2.19. The summed E-state index contributed by atoms with van der Waals surface area (Å²) < 4.78 is 13.8. The van der Waals surface area contributed by atoms with Crippen LogP contribution >= 0.6 is 0 Å². The number of nitrogens with zero attached hydrogens (tertiary/aromatic N) is 1. The van der Waals surface area contributed by atoms with Crippen LogP contribution in [0.1, 0.15) is 11.1 Å². The second kappa shape index (κ2) is 6.85. The topological polar surface area (TPSA) is 58.4 Å². The smallest absolute Gasteiger partial charge is 0.238 e. The van der Waals surface area contributed by atoms with E-state index in [2.05, 4.69) is 5.43 Å². The third kappa shape index (κ3) is 3.79. The van der Waals surface area contributed by atoms with Crippen LogP contribution in [0.5, 0.6) is 0 Å². The Bertz CT molecular complexity index is 630. The lowest BCUT2D eigenvalue weighted by molar-refractivity contribution is -0.120. The van der Waals surface area contributed by atoms with Crippen molar-refractivity contribution in [3.8, 4) is 0 Å². The molecule has 4 nitrogen and oxygen atoms in total. The number of hydrogen-bond acceptors (Lipinski definition) is 3. The second-order valence-electron chi connectivity index (χ2n) is 4.82. The van der Waals surface area contributed by atoms with Gasteiger partial charge in [-0.05, 0) is 23.3 Å². The average Bonchev–Trinajstić information content (AvgIpc) is 2.49. The monoisotopic (exact) mass is 287 g/mol. The van der Waals surface area contributed by atoms with Gasteiger partial charge in [-0.2, -0.15) is 0 Å². The van der Waals surface area contributed by atoms with Gasteiger partial charge < -0.3 is 4.90 Å². The summed E-state index contributed by atoms with van der Waals surface area (Å²) in [4.78, 5) is 13.2. The van der Waals surface area contributed by atoms with E-state index in [4.69, 9.17) is 5.84 Å². The summed E-state index contributed by atoms with van der Waals surface area (Å²) in [6.45, 7) is 0.509. The second-order valence-corrected chi connectivity index (χ2v) is 4.82. The molecule has 110 valence electrons. The maximum atomic E-state index is 13.8. The van der Waals surface area contributed by atoms with Crippen molar-refractivity contribution in [3.05, 3.63) is 65.5 Å². The molecule has 0 fully saturated rings. The van der Waals surface area contributed by atoms with Gasteiger partial charge in [-0.3, -0.25) is 10.2 Å². The van der Waals surface area contributed by atoms with Crippen molar-refractivity contribution in [2.45, 2.75) is 13.0 Å². The Morgan fingerprint density at radius 1 is 1.14 bits per heavy atom. The molecule has 0 aliphatic heterocycles. The van der Waals surface area contributed by atoms with E-state index in [-0.39, 0.29) is 18.1 Å². The molecule has 1 amide bonds. The largest absolute Gasteiger partial charge is 0.368 e. The van der Waals surface area contributed by atoms with Crippen molar-refractivity contribution in [1.82, 2.24) is 5.43 Å².